The van der Waals surface area contributed by atoms with Crippen molar-refractivity contribution in [1.82, 2.24) is 4.90 Å². The van der Waals surface area contributed by atoms with Gasteiger partial charge < -0.3 is 9.32 Å². The molecule has 1 aromatic carbocycles. The number of Topliss-reactive ketones (excluding diaryl/α,β-unsaturated/α-hetero) is 1. The zero-order valence-electron chi connectivity index (χ0n) is 12.6. The summed E-state index contributed by atoms with van der Waals surface area (Å²) in [4.78, 5) is 26.1. The van der Waals surface area contributed by atoms with Gasteiger partial charge in [0, 0.05) is 31.1 Å². The van der Waals surface area contributed by atoms with Crippen LogP contribution in [0, 0.1) is 23.4 Å². The molecule has 0 bridgehead atoms. The number of hydrogen-bond acceptors (Lipinski definition) is 3. The van der Waals surface area contributed by atoms with Crippen molar-refractivity contribution in [3.8, 4) is 0 Å². The van der Waals surface area contributed by atoms with Crippen LogP contribution in [0.25, 0.3) is 0 Å². The molecule has 0 saturated carbocycles. The van der Waals surface area contributed by atoms with E-state index >= 15 is 0 Å². The second kappa shape index (κ2) is 6.51. The number of nitrogens with zero attached hydrogens (tertiary/aromatic N) is 1. The highest BCUT2D eigenvalue weighted by molar-refractivity contribution is 5.99. The third kappa shape index (κ3) is 3.06. The summed E-state index contributed by atoms with van der Waals surface area (Å²) in [6, 6.07) is 2.53. The van der Waals surface area contributed by atoms with E-state index in [1.807, 2.05) is 0 Å². The molecule has 2 heterocycles. The van der Waals surface area contributed by atoms with Gasteiger partial charge in [-0.25, -0.2) is 13.2 Å². The number of carbonyl (C=O) groups excluding carboxylic acids is 2. The largest absolute Gasteiger partial charge is 0.472 e. The van der Waals surface area contributed by atoms with Gasteiger partial charge in [0.1, 0.15) is 23.7 Å². The fourth-order valence-corrected chi connectivity index (χ4v) is 2.90. The number of hydrogen-bond donors (Lipinski definition) is 0. The first-order chi connectivity index (χ1) is 11.5. The maximum absolute atomic E-state index is 13.7. The monoisotopic (exact) mass is 337 g/mol. The Balaban J connectivity index is 1.69. The van der Waals surface area contributed by atoms with Gasteiger partial charge in [0.2, 0.25) is 0 Å². The Bertz CT molecular complexity index is 742. The molecule has 24 heavy (non-hydrogen) atoms. The van der Waals surface area contributed by atoms with E-state index < -0.39 is 34.7 Å². The first-order valence-electron chi connectivity index (χ1n) is 7.47. The van der Waals surface area contributed by atoms with Gasteiger partial charge in [-0.2, -0.15) is 0 Å². The number of halogens is 3. The van der Waals surface area contributed by atoms with Crippen LogP contribution in [0.2, 0.25) is 0 Å². The number of carbonyl (C=O) groups is 2. The van der Waals surface area contributed by atoms with E-state index in [1.165, 1.54) is 12.5 Å². The van der Waals surface area contributed by atoms with E-state index in [1.54, 1.807) is 11.0 Å². The van der Waals surface area contributed by atoms with E-state index in [2.05, 4.69) is 0 Å². The molecule has 0 atom stereocenters. The van der Waals surface area contributed by atoms with Gasteiger partial charge >= 0.3 is 0 Å². The Labute approximate surface area is 135 Å². The number of amides is 1. The van der Waals surface area contributed by atoms with Crippen LogP contribution >= 0.6 is 0 Å². The van der Waals surface area contributed by atoms with Gasteiger partial charge in [-0.1, -0.05) is 0 Å². The van der Waals surface area contributed by atoms with Crippen LogP contribution in [-0.4, -0.2) is 29.7 Å². The van der Waals surface area contributed by atoms with Gasteiger partial charge in [0.25, 0.3) is 5.91 Å². The van der Waals surface area contributed by atoms with E-state index in [-0.39, 0.29) is 5.91 Å². The highest BCUT2D eigenvalue weighted by Gasteiger charge is 2.31. The Kier molecular flexibility index (Phi) is 4.42. The maximum atomic E-state index is 13.7. The van der Waals surface area contributed by atoms with Crippen molar-refractivity contribution in [1.29, 1.82) is 0 Å². The molecule has 3 rings (SSSR count). The standard InChI is InChI=1S/C17H14F3NO3/c18-12-7-13(19)15(14(20)8-12)16(22)10-1-4-21(5-2-10)17(23)11-3-6-24-9-11/h3,6-10H,1-2,4-5H2. The molecule has 1 aromatic heterocycles. The van der Waals surface area contributed by atoms with Crippen molar-refractivity contribution in [3.05, 3.63) is 59.3 Å². The van der Waals surface area contributed by atoms with Crippen LogP contribution in [0.1, 0.15) is 33.6 Å². The van der Waals surface area contributed by atoms with Gasteiger partial charge in [0.05, 0.1) is 17.4 Å². The smallest absolute Gasteiger partial charge is 0.257 e. The van der Waals surface area contributed by atoms with Crippen LogP contribution in [-0.2, 0) is 0 Å². The fourth-order valence-electron chi connectivity index (χ4n) is 2.90. The second-order valence-corrected chi connectivity index (χ2v) is 5.69. The van der Waals surface area contributed by atoms with Gasteiger partial charge in [-0.15, -0.1) is 0 Å². The minimum Gasteiger partial charge on any atom is -0.472 e. The lowest BCUT2D eigenvalue weighted by atomic mass is 9.88. The van der Waals surface area contributed by atoms with Crippen LogP contribution < -0.4 is 0 Å². The van der Waals surface area contributed by atoms with E-state index in [4.69, 9.17) is 4.42 Å². The second-order valence-electron chi connectivity index (χ2n) is 5.69. The Morgan fingerprint density at radius 3 is 2.25 bits per heavy atom. The minimum atomic E-state index is -1.20. The highest BCUT2D eigenvalue weighted by atomic mass is 19.1. The molecule has 1 aliphatic heterocycles. The predicted molar refractivity (Wildman–Crippen MR) is 78.0 cm³/mol. The highest BCUT2D eigenvalue weighted by Crippen LogP contribution is 2.26. The molecular weight excluding hydrogens is 323 g/mol. The van der Waals surface area contributed by atoms with Crippen LogP contribution in [0.4, 0.5) is 13.2 Å². The summed E-state index contributed by atoms with van der Waals surface area (Å²) in [6.07, 6.45) is 3.31. The molecule has 1 amide bonds. The predicted octanol–water partition coefficient (Wildman–Crippen LogP) is 3.43. The van der Waals surface area contributed by atoms with Gasteiger partial charge in [0.15, 0.2) is 5.78 Å². The molecule has 0 radical (unpaired) electrons. The van der Waals surface area contributed by atoms with Crippen molar-refractivity contribution < 1.29 is 27.2 Å². The van der Waals surface area contributed by atoms with Crippen molar-refractivity contribution in [2.75, 3.05) is 13.1 Å². The molecule has 0 N–H and O–H groups in total. The molecule has 0 unspecified atom stereocenters. The molecule has 0 aliphatic carbocycles. The first kappa shape index (κ1) is 16.3. The Hall–Kier alpha value is -2.57. The van der Waals surface area contributed by atoms with E-state index in [9.17, 15) is 22.8 Å². The number of rotatable bonds is 3. The molecule has 7 heteroatoms. The molecule has 0 spiro atoms. The third-order valence-corrected chi connectivity index (χ3v) is 4.17. The van der Waals surface area contributed by atoms with Gasteiger partial charge in [-0.05, 0) is 18.9 Å². The maximum Gasteiger partial charge on any atom is 0.257 e. The Morgan fingerprint density at radius 1 is 1.08 bits per heavy atom. The third-order valence-electron chi connectivity index (χ3n) is 4.17. The summed E-state index contributed by atoms with van der Waals surface area (Å²) in [5.74, 6) is -4.98. The lowest BCUT2D eigenvalue weighted by Gasteiger charge is -2.31. The average Bonchev–Trinajstić information content (AvgIpc) is 3.07. The topological polar surface area (TPSA) is 50.5 Å². The van der Waals surface area contributed by atoms with Crippen LogP contribution in [0.5, 0.6) is 0 Å². The summed E-state index contributed by atoms with van der Waals surface area (Å²) in [6.45, 7) is 0.593. The zero-order chi connectivity index (χ0) is 17.3. The minimum absolute atomic E-state index is 0.214. The van der Waals surface area contributed by atoms with Crippen molar-refractivity contribution >= 4 is 11.7 Å². The van der Waals surface area contributed by atoms with Gasteiger partial charge in [-0.3, -0.25) is 9.59 Å². The summed E-state index contributed by atoms with van der Waals surface area (Å²) in [5.41, 5.74) is -0.300. The summed E-state index contributed by atoms with van der Waals surface area (Å²) >= 11 is 0. The summed E-state index contributed by atoms with van der Waals surface area (Å²) < 4.78 is 45.3. The quantitative estimate of drug-likeness (QED) is 0.806. The lowest BCUT2D eigenvalue weighted by molar-refractivity contribution is 0.0647. The van der Waals surface area contributed by atoms with E-state index in [0.29, 0.717) is 43.6 Å². The molecule has 1 fully saturated rings. The van der Waals surface area contributed by atoms with E-state index in [0.717, 1.165) is 0 Å². The van der Waals surface area contributed by atoms with Crippen molar-refractivity contribution in [2.45, 2.75) is 12.8 Å². The molecule has 1 saturated heterocycles. The summed E-state index contributed by atoms with van der Waals surface area (Å²) in [5, 5.41) is 0. The average molecular weight is 337 g/mol. The molecular formula is C17H14F3NO3. The van der Waals surface area contributed by atoms with Crippen LogP contribution in [0.15, 0.2) is 35.1 Å². The zero-order valence-corrected chi connectivity index (χ0v) is 12.6. The number of furan rings is 1. The fraction of sp³-hybridized carbons (Fsp3) is 0.294. The number of ketones is 1. The molecule has 4 nitrogen and oxygen atoms in total. The van der Waals surface area contributed by atoms with Crippen molar-refractivity contribution in [2.24, 2.45) is 5.92 Å². The lowest BCUT2D eigenvalue weighted by Crippen LogP contribution is -2.40. The number of likely N-dealkylation sites (tertiary alicyclic amines) is 1. The SMILES string of the molecule is O=C(c1c(F)cc(F)cc1F)C1CCN(C(=O)c2ccoc2)CC1. The number of benzene rings is 1. The number of piperidine rings is 1. The molecule has 1 aliphatic rings. The molecule has 2 aromatic rings. The first-order valence-corrected chi connectivity index (χ1v) is 7.47. The summed E-state index contributed by atoms with van der Waals surface area (Å²) in [7, 11) is 0. The van der Waals surface area contributed by atoms with Crippen molar-refractivity contribution in [3.63, 3.8) is 0 Å². The van der Waals surface area contributed by atoms with Crippen LogP contribution in [0.3, 0.4) is 0 Å². The molecule has 126 valence electrons. The normalized spacial score (nSPS) is 15.5. The Morgan fingerprint density at radius 2 is 1.71 bits per heavy atom.